The fourth-order valence-corrected chi connectivity index (χ4v) is 4.05. The van der Waals surface area contributed by atoms with Crippen molar-refractivity contribution in [3.63, 3.8) is 0 Å². The molecular weight excluding hydrogens is 478 g/mol. The molecule has 0 saturated carbocycles. The Labute approximate surface area is 220 Å². The molecule has 0 radical (unpaired) electrons. The summed E-state index contributed by atoms with van der Waals surface area (Å²) < 4.78 is 0. The summed E-state index contributed by atoms with van der Waals surface area (Å²) in [5.74, 6) is 0.530. The van der Waals surface area contributed by atoms with Crippen LogP contribution in [0, 0.1) is 5.41 Å². The predicted octanol–water partition coefficient (Wildman–Crippen LogP) is 5.55. The Balaban J connectivity index is 1.53. The number of aromatic nitrogens is 6. The Morgan fingerprint density at radius 3 is 2.74 bits per heavy atom. The first-order chi connectivity index (χ1) is 18.1. The van der Waals surface area contributed by atoms with Crippen molar-refractivity contribution >= 4 is 46.1 Å². The number of nitrogens with zero attached hydrogens (tertiary/aromatic N) is 6. The van der Waals surface area contributed by atoms with Crippen LogP contribution in [0.2, 0.25) is 0 Å². The van der Waals surface area contributed by atoms with Gasteiger partial charge >= 0.3 is 0 Å². The van der Waals surface area contributed by atoms with Crippen LogP contribution in [0.25, 0.3) is 44.7 Å². The molecule has 4 aromatic heterocycles. The Morgan fingerprint density at radius 2 is 1.97 bits per heavy atom. The van der Waals surface area contributed by atoms with Crippen molar-refractivity contribution in [1.82, 2.24) is 30.1 Å². The minimum atomic E-state index is -0.506. The number of hydrogen-bond acceptors (Lipinski definition) is 7. The number of aliphatic imine (C=N–C) groups is 1. The normalized spacial score (nSPS) is 12.2. The molecule has 0 saturated heterocycles. The summed E-state index contributed by atoms with van der Waals surface area (Å²) in [7, 11) is 1.94. The van der Waals surface area contributed by atoms with Crippen molar-refractivity contribution in [2.75, 3.05) is 17.3 Å². The molecule has 1 amide bonds. The van der Waals surface area contributed by atoms with Gasteiger partial charge in [-0.05, 0) is 43.5 Å². The summed E-state index contributed by atoms with van der Waals surface area (Å²) in [4.78, 5) is 35.3. The third kappa shape index (κ3) is 4.75. The lowest BCUT2D eigenvalue weighted by Gasteiger charge is -2.17. The first-order valence-corrected chi connectivity index (χ1v) is 12.1. The molecule has 0 unspecified atom stereocenters. The SMILES string of the molecule is C=N/C(C)=C\N(C)c1ccnc2nc(-c3n[nH]c4ccc(-c5cncc(NC(=O)C(C)(C)C)c5)cc34)[nH]c12. The van der Waals surface area contributed by atoms with Gasteiger partial charge in [0, 0.05) is 42.0 Å². The molecular formula is C28H29N9O. The fraction of sp³-hybridized carbons (Fsp3) is 0.214. The monoisotopic (exact) mass is 507 g/mol. The van der Waals surface area contributed by atoms with E-state index >= 15 is 0 Å². The highest BCUT2D eigenvalue weighted by atomic mass is 16.2. The topological polar surface area (TPSA) is 128 Å². The minimum Gasteiger partial charge on any atom is -0.347 e. The lowest BCUT2D eigenvalue weighted by atomic mass is 9.95. The van der Waals surface area contributed by atoms with Gasteiger partial charge in [0.2, 0.25) is 5.91 Å². The molecule has 0 aliphatic heterocycles. The van der Waals surface area contributed by atoms with Crippen molar-refractivity contribution < 1.29 is 4.79 Å². The summed E-state index contributed by atoms with van der Waals surface area (Å²) >= 11 is 0. The summed E-state index contributed by atoms with van der Waals surface area (Å²) in [6.07, 6.45) is 7.04. The fourth-order valence-electron chi connectivity index (χ4n) is 4.05. The maximum absolute atomic E-state index is 12.5. The lowest BCUT2D eigenvalue weighted by molar-refractivity contribution is -0.123. The number of aromatic amines is 2. The average Bonchev–Trinajstić information content (AvgIpc) is 3.51. The molecule has 192 valence electrons. The van der Waals surface area contributed by atoms with Crippen LogP contribution < -0.4 is 10.2 Å². The lowest BCUT2D eigenvalue weighted by Crippen LogP contribution is -2.27. The number of benzene rings is 1. The number of carbonyl (C=O) groups is 1. The van der Waals surface area contributed by atoms with E-state index in [-0.39, 0.29) is 5.91 Å². The van der Waals surface area contributed by atoms with Crippen LogP contribution in [0.5, 0.6) is 0 Å². The number of imidazole rings is 1. The molecule has 4 heterocycles. The number of H-pyrrole nitrogens is 2. The molecule has 0 atom stereocenters. The van der Waals surface area contributed by atoms with Crippen molar-refractivity contribution in [3.8, 4) is 22.6 Å². The summed E-state index contributed by atoms with van der Waals surface area (Å²) in [6.45, 7) is 11.1. The van der Waals surface area contributed by atoms with Gasteiger partial charge in [-0.15, -0.1) is 0 Å². The van der Waals surface area contributed by atoms with Gasteiger partial charge in [-0.3, -0.25) is 19.9 Å². The largest absolute Gasteiger partial charge is 0.347 e. The number of nitrogens with one attached hydrogen (secondary N) is 3. The second kappa shape index (κ2) is 9.55. The van der Waals surface area contributed by atoms with Crippen molar-refractivity contribution in [2.24, 2.45) is 10.4 Å². The number of fused-ring (bicyclic) bond motifs is 2. The second-order valence-electron chi connectivity index (χ2n) is 10.2. The van der Waals surface area contributed by atoms with Crippen molar-refractivity contribution in [1.29, 1.82) is 0 Å². The maximum Gasteiger partial charge on any atom is 0.229 e. The van der Waals surface area contributed by atoms with Gasteiger partial charge < -0.3 is 15.2 Å². The highest BCUT2D eigenvalue weighted by Gasteiger charge is 2.21. The minimum absolute atomic E-state index is 0.0704. The van der Waals surface area contributed by atoms with Crippen molar-refractivity contribution in [2.45, 2.75) is 27.7 Å². The molecule has 38 heavy (non-hydrogen) atoms. The van der Waals surface area contributed by atoms with Gasteiger partial charge in [0.15, 0.2) is 11.5 Å². The molecule has 10 nitrogen and oxygen atoms in total. The quantitative estimate of drug-likeness (QED) is 0.259. The second-order valence-corrected chi connectivity index (χ2v) is 10.2. The standard InChI is InChI=1S/C28H29N9O/c1-16(29-5)15-37(6)22-9-10-31-25-24(22)33-26(34-25)23-20-12-17(7-8-21(20)35-36-23)18-11-19(14-30-13-18)32-27(38)28(2,3)4/h7-15H,5H2,1-4,6H3,(H,32,38)(H,35,36)(H,31,33,34)/b16-15-. The Hall–Kier alpha value is -4.86. The van der Waals surface area contributed by atoms with Gasteiger partial charge in [0.05, 0.1) is 28.8 Å². The third-order valence-electron chi connectivity index (χ3n) is 6.18. The van der Waals surface area contributed by atoms with E-state index in [1.165, 1.54) is 0 Å². The van der Waals surface area contributed by atoms with Crippen LogP contribution in [-0.2, 0) is 4.79 Å². The highest BCUT2D eigenvalue weighted by Crippen LogP contribution is 2.32. The number of pyridine rings is 2. The molecule has 3 N–H and O–H groups in total. The summed E-state index contributed by atoms with van der Waals surface area (Å²) in [6, 6.07) is 9.83. The molecule has 0 spiro atoms. The number of hydrogen-bond donors (Lipinski definition) is 3. The van der Waals surface area contributed by atoms with Gasteiger partial charge in [0.1, 0.15) is 11.2 Å². The molecule has 1 aromatic carbocycles. The Kier molecular flexibility index (Phi) is 6.23. The number of allylic oxidation sites excluding steroid dienone is 1. The van der Waals surface area contributed by atoms with E-state index in [1.807, 2.05) is 76.2 Å². The zero-order chi connectivity index (χ0) is 27.0. The molecule has 0 aliphatic rings. The van der Waals surface area contributed by atoms with E-state index in [1.54, 1.807) is 18.6 Å². The van der Waals surface area contributed by atoms with Gasteiger partial charge in [-0.2, -0.15) is 5.10 Å². The van der Waals surface area contributed by atoms with Gasteiger partial charge in [-0.1, -0.05) is 26.8 Å². The maximum atomic E-state index is 12.5. The predicted molar refractivity (Wildman–Crippen MR) is 152 cm³/mol. The zero-order valence-corrected chi connectivity index (χ0v) is 22.0. The number of rotatable bonds is 6. The summed E-state index contributed by atoms with van der Waals surface area (Å²) in [5, 5.41) is 11.5. The van der Waals surface area contributed by atoms with E-state index in [9.17, 15) is 4.79 Å². The number of anilines is 2. The first-order valence-electron chi connectivity index (χ1n) is 12.1. The Bertz CT molecular complexity index is 1700. The van der Waals surface area contributed by atoms with Crippen LogP contribution in [0.1, 0.15) is 27.7 Å². The molecule has 5 rings (SSSR count). The van der Waals surface area contributed by atoms with Crippen LogP contribution in [0.3, 0.4) is 0 Å². The van der Waals surface area contributed by atoms with E-state index in [0.29, 0.717) is 22.9 Å². The third-order valence-corrected chi connectivity index (χ3v) is 6.18. The molecule has 10 heteroatoms. The smallest absolute Gasteiger partial charge is 0.229 e. The van der Waals surface area contributed by atoms with Crippen LogP contribution >= 0.6 is 0 Å². The molecule has 5 aromatic rings. The Morgan fingerprint density at radius 1 is 1.16 bits per heavy atom. The van der Waals surface area contributed by atoms with E-state index in [0.717, 1.165) is 38.9 Å². The van der Waals surface area contributed by atoms with Crippen LogP contribution in [0.15, 0.2) is 65.8 Å². The number of carbonyl (C=O) groups excluding carboxylic acids is 1. The average molecular weight is 508 g/mol. The molecule has 0 aliphatic carbocycles. The van der Waals surface area contributed by atoms with Gasteiger partial charge in [-0.25, -0.2) is 9.97 Å². The van der Waals surface area contributed by atoms with Gasteiger partial charge in [0.25, 0.3) is 0 Å². The molecule has 0 bridgehead atoms. The summed E-state index contributed by atoms with van der Waals surface area (Å²) in [5.41, 5.74) is 6.56. The first kappa shape index (κ1) is 24.8. The van der Waals surface area contributed by atoms with E-state index in [4.69, 9.17) is 4.98 Å². The van der Waals surface area contributed by atoms with Crippen LogP contribution in [-0.4, -0.2) is 49.8 Å². The zero-order valence-electron chi connectivity index (χ0n) is 22.0. The molecule has 0 fully saturated rings. The number of amides is 1. The van der Waals surface area contributed by atoms with Crippen LogP contribution in [0.4, 0.5) is 11.4 Å². The highest BCUT2D eigenvalue weighted by molar-refractivity contribution is 5.98. The van der Waals surface area contributed by atoms with Crippen molar-refractivity contribution in [3.05, 3.63) is 60.8 Å². The van der Waals surface area contributed by atoms with E-state index in [2.05, 4.69) is 42.2 Å². The van der Waals surface area contributed by atoms with E-state index < -0.39 is 5.41 Å².